The molecule has 10 nitrogen and oxygen atoms in total. The predicted octanol–water partition coefficient (Wildman–Crippen LogP) is -4.58. The van der Waals surface area contributed by atoms with Crippen LogP contribution in [0, 0.1) is 0 Å². The molecule has 0 aliphatic rings. The average molecular weight is 428 g/mol. The molecule has 0 heterocycles. The van der Waals surface area contributed by atoms with E-state index in [4.69, 9.17) is 38.8 Å². The average Bonchev–Trinajstić information content (AvgIpc) is 1.12. The molecule has 0 aliphatic carbocycles. The van der Waals surface area contributed by atoms with Crippen LogP contribution in [0.4, 0.5) is 0 Å². The Bertz CT molecular complexity index is 111. The molecule has 15 heteroatoms. The fourth-order valence-electron chi connectivity index (χ4n) is 0. The summed E-state index contributed by atoms with van der Waals surface area (Å²) in [7, 11) is -9.28. The van der Waals surface area contributed by atoms with E-state index in [-0.39, 0.29) is 69.4 Å². The van der Waals surface area contributed by atoms with Gasteiger partial charge in [-0.2, -0.15) is 19.6 Å². The van der Waals surface area contributed by atoms with Gasteiger partial charge in [0, 0.05) is 58.4 Å². The molecule has 0 fully saturated rings. The molecule has 0 atom stereocenters. The van der Waals surface area contributed by atoms with Crippen molar-refractivity contribution in [2.75, 3.05) is 0 Å². The number of hydrogen-bond donors (Lipinski definition) is 6. The molecule has 0 saturated heterocycles. The molecule has 0 amide bonds. The normalized spacial score (nSPS) is 7.93. The van der Waals surface area contributed by atoms with Crippen molar-refractivity contribution in [3.63, 3.8) is 0 Å². The van der Waals surface area contributed by atoms with Crippen molar-refractivity contribution in [3.8, 4) is 0 Å². The van der Waals surface area contributed by atoms with Gasteiger partial charge in [-0.15, -0.1) is 0 Å². The molecule has 15 heavy (non-hydrogen) atoms. The summed E-state index contributed by atoms with van der Waals surface area (Å²) in [5.41, 5.74) is 0. The third-order valence-electron chi connectivity index (χ3n) is 0. The summed E-state index contributed by atoms with van der Waals surface area (Å²) in [5.74, 6) is 0. The van der Waals surface area contributed by atoms with Crippen LogP contribution in [0.5, 0.6) is 0 Å². The molecular formula is H10O10P2Zn3. The first-order valence-electron chi connectivity index (χ1n) is 1.57. The van der Waals surface area contributed by atoms with Crippen molar-refractivity contribution >= 4 is 16.0 Å². The maximum Gasteiger partial charge on any atom is 0.564 e. The number of hydrogen-bond acceptors (Lipinski definition) is 6. The Morgan fingerprint density at radius 3 is 0.867 bits per heavy atom. The van der Waals surface area contributed by atoms with Crippen LogP contribution in [0.25, 0.3) is 0 Å². The van der Waals surface area contributed by atoms with E-state index in [9.17, 15) is 0 Å². The molecule has 0 bridgehead atoms. The van der Waals surface area contributed by atoms with Crippen molar-refractivity contribution < 1.29 is 108 Å². The van der Waals surface area contributed by atoms with Crippen molar-refractivity contribution in [1.29, 1.82) is 0 Å². The van der Waals surface area contributed by atoms with Crippen LogP contribution in [0.2, 0.25) is 0 Å². The first-order chi connectivity index (χ1) is 4.00. The first kappa shape index (κ1) is 43.4. The molecule has 0 aromatic heterocycles. The molecule has 0 aromatic rings. The van der Waals surface area contributed by atoms with E-state index < -0.39 is 16.0 Å². The van der Waals surface area contributed by atoms with Gasteiger partial charge in [-0.1, -0.05) is 0 Å². The van der Waals surface area contributed by atoms with Gasteiger partial charge < -0.3 is 25.6 Å². The molecule has 0 radical (unpaired) electrons. The van der Waals surface area contributed by atoms with E-state index in [1.54, 1.807) is 0 Å². The van der Waals surface area contributed by atoms with Crippen LogP contribution >= 0.6 is 16.0 Å². The summed E-state index contributed by atoms with van der Waals surface area (Å²) < 4.78 is 8.77. The minimum atomic E-state index is -4.89. The first-order valence-corrected chi connectivity index (χ1v) is 4.70. The third kappa shape index (κ3) is 689. The van der Waals surface area contributed by atoms with Gasteiger partial charge in [0.25, 0.3) is 7.82 Å². The minimum Gasteiger partial charge on any atom is -0.756 e. The molecule has 0 unspecified atom stereocenters. The van der Waals surface area contributed by atoms with Crippen LogP contribution < -0.4 is 4.89 Å². The van der Waals surface area contributed by atoms with Gasteiger partial charge in [-0.3, -0.25) is 4.57 Å². The predicted molar refractivity (Wildman–Crippen MR) is 35.1 cm³/mol. The quantitative estimate of drug-likeness (QED) is 0.162. The molecule has 0 saturated carbocycles. The van der Waals surface area contributed by atoms with Gasteiger partial charge >= 0.3 is 8.17 Å². The number of rotatable bonds is 0. The molecule has 10 N–H and O–H groups in total. The zero-order chi connectivity index (χ0) is 9.00. The monoisotopic (exact) mass is 424 g/mol. The Labute approximate surface area is 124 Å². The molecule has 0 spiro atoms. The Hall–Kier alpha value is 2.17. The van der Waals surface area contributed by atoms with Crippen molar-refractivity contribution in [3.05, 3.63) is 0 Å². The Morgan fingerprint density at radius 2 is 0.867 bits per heavy atom. The third-order valence-corrected chi connectivity index (χ3v) is 0. The van der Waals surface area contributed by atoms with Crippen LogP contribution in [-0.4, -0.2) is 40.3 Å². The van der Waals surface area contributed by atoms with Crippen LogP contribution in [0.15, 0.2) is 0 Å². The standard InChI is InChI=1S/H4O4P.H3O4P.2H2O.3Zn/c2*1-5(2,3)4;;;;;/h1-4H;(H3,1,2,3,4);2*1H2;;;/q+1;;;;;;/p-1. The van der Waals surface area contributed by atoms with Crippen LogP contribution in [-0.2, 0) is 63.0 Å². The van der Waals surface area contributed by atoms with Gasteiger partial charge in [0.1, 0.15) is 0 Å². The second-order valence-corrected chi connectivity index (χ2v) is 3.08. The molecule has 0 aliphatic heterocycles. The Kier molecular flexibility index (Phi) is 53.6. The molecular weight excluding hydrogens is 418 g/mol. The smallest absolute Gasteiger partial charge is 0.564 e. The summed E-state index contributed by atoms with van der Waals surface area (Å²) in [5, 5.41) is 0. The van der Waals surface area contributed by atoms with E-state index in [1.165, 1.54) is 0 Å². The van der Waals surface area contributed by atoms with E-state index in [0.717, 1.165) is 0 Å². The van der Waals surface area contributed by atoms with Crippen LogP contribution in [0.3, 0.4) is 0 Å². The zero-order valence-corrected chi connectivity index (χ0v) is 18.2. The van der Waals surface area contributed by atoms with Crippen molar-refractivity contribution in [2.24, 2.45) is 0 Å². The fraction of sp³-hybridized carbons (Fsp3) is 0. The minimum absolute atomic E-state index is 0. The van der Waals surface area contributed by atoms with Gasteiger partial charge in [0.2, 0.25) is 0 Å². The van der Waals surface area contributed by atoms with Crippen molar-refractivity contribution in [1.82, 2.24) is 0 Å². The van der Waals surface area contributed by atoms with Gasteiger partial charge in [0.15, 0.2) is 0 Å². The second kappa shape index (κ2) is 18.5. The summed E-state index contributed by atoms with van der Waals surface area (Å²) in [6.45, 7) is 0. The van der Waals surface area contributed by atoms with E-state index in [1.807, 2.05) is 0 Å². The Balaban J connectivity index is -0.0000000128. The van der Waals surface area contributed by atoms with E-state index in [0.29, 0.717) is 0 Å². The summed E-state index contributed by atoms with van der Waals surface area (Å²) in [6.07, 6.45) is 0. The maximum atomic E-state index is 8.77. The maximum absolute atomic E-state index is 8.77. The van der Waals surface area contributed by atoms with E-state index >= 15 is 0 Å². The number of phosphoric acid groups is 1. The molecule has 86 valence electrons. The SMILES string of the molecule is O.O.O=P([O-])(O)O.O[P+](O)(O)O.[Zn].[Zn].[Zn]. The van der Waals surface area contributed by atoms with Crippen LogP contribution in [0.1, 0.15) is 0 Å². The fourth-order valence-corrected chi connectivity index (χ4v) is 0. The van der Waals surface area contributed by atoms with E-state index in [2.05, 4.69) is 0 Å². The largest absolute Gasteiger partial charge is 0.756 e. The summed E-state index contributed by atoms with van der Waals surface area (Å²) >= 11 is 0. The Morgan fingerprint density at radius 1 is 0.867 bits per heavy atom. The van der Waals surface area contributed by atoms with Gasteiger partial charge in [0.05, 0.1) is 0 Å². The molecule has 0 aromatic carbocycles. The second-order valence-electron chi connectivity index (χ2n) is 1.03. The molecule has 0 rings (SSSR count). The summed E-state index contributed by atoms with van der Waals surface area (Å²) in [6, 6.07) is 0. The zero-order valence-electron chi connectivity index (χ0n) is 7.52. The summed E-state index contributed by atoms with van der Waals surface area (Å²) in [4.78, 5) is 52.1. The van der Waals surface area contributed by atoms with Gasteiger partial charge in [-0.05, 0) is 0 Å². The topological polar surface area (TPSA) is 225 Å². The van der Waals surface area contributed by atoms with Crippen molar-refractivity contribution in [2.45, 2.75) is 0 Å². The van der Waals surface area contributed by atoms with Gasteiger partial charge in [-0.25, -0.2) is 0 Å².